The van der Waals surface area contributed by atoms with Crippen LogP contribution in [0.3, 0.4) is 0 Å². The summed E-state index contributed by atoms with van der Waals surface area (Å²) in [5.74, 6) is 1.16. The Morgan fingerprint density at radius 2 is 1.68 bits per heavy atom. The first-order valence-corrected chi connectivity index (χ1v) is 9.20. The average molecular weight is 382 g/mol. The van der Waals surface area contributed by atoms with Gasteiger partial charge in [-0.3, -0.25) is 4.79 Å². The minimum Gasteiger partial charge on any atom is -0.496 e. The van der Waals surface area contributed by atoms with Gasteiger partial charge in [0.25, 0.3) is 0 Å². The molecule has 148 valence electrons. The number of carbonyl (C=O) groups is 1. The van der Waals surface area contributed by atoms with Crippen molar-refractivity contribution in [2.75, 3.05) is 21.3 Å². The lowest BCUT2D eigenvalue weighted by atomic mass is 9.68. The summed E-state index contributed by atoms with van der Waals surface area (Å²) in [5, 5.41) is 13.2. The Balaban J connectivity index is 2.28. The highest BCUT2D eigenvalue weighted by Gasteiger charge is 2.42. The molecule has 3 rings (SSSR count). The summed E-state index contributed by atoms with van der Waals surface area (Å²) in [5.41, 5.74) is 3.40. The third kappa shape index (κ3) is 3.22. The number of nitrogens with zero attached hydrogens (tertiary/aromatic N) is 1. The number of methoxy groups -OCH3 is 3. The molecule has 0 fully saturated rings. The minimum atomic E-state index is -0.500. The topological polar surface area (TPSA) is 80.6 Å². The second-order valence-electron chi connectivity index (χ2n) is 7.99. The van der Waals surface area contributed by atoms with Crippen LogP contribution in [0.2, 0.25) is 0 Å². The van der Waals surface area contributed by atoms with Crippen LogP contribution in [0, 0.1) is 16.7 Å². The van der Waals surface area contributed by atoms with E-state index in [1.807, 2.05) is 6.92 Å². The Kier molecular flexibility index (Phi) is 5.12. The summed E-state index contributed by atoms with van der Waals surface area (Å²) < 4.78 is 16.4. The fraction of sp³-hybridized carbons (Fsp3) is 0.455. The van der Waals surface area contributed by atoms with Crippen molar-refractivity contribution in [3.05, 3.63) is 40.2 Å². The number of ether oxygens (including phenoxy) is 3. The number of carbonyl (C=O) groups excluding carboxylic acids is 1. The summed E-state index contributed by atoms with van der Waals surface area (Å²) in [6, 6.07) is 5.83. The number of benzene rings is 1. The molecule has 0 spiro atoms. The molecule has 0 amide bonds. The maximum atomic E-state index is 13.1. The van der Waals surface area contributed by atoms with Crippen LogP contribution in [-0.2, 0) is 4.79 Å². The lowest BCUT2D eigenvalue weighted by Gasteiger charge is -2.39. The van der Waals surface area contributed by atoms with Crippen LogP contribution in [0.25, 0.3) is 0 Å². The fourth-order valence-corrected chi connectivity index (χ4v) is 4.17. The molecule has 1 aromatic carbocycles. The van der Waals surface area contributed by atoms with Crippen molar-refractivity contribution >= 4 is 5.78 Å². The zero-order valence-electron chi connectivity index (χ0n) is 17.2. The molecule has 6 nitrogen and oxygen atoms in total. The molecule has 1 N–H and O–H groups in total. The van der Waals surface area contributed by atoms with Crippen molar-refractivity contribution in [2.24, 2.45) is 5.41 Å². The number of Topliss-reactive ketones (excluding diaryl/α,β-unsaturated/α-hetero) is 1. The number of dihydropyridines is 1. The summed E-state index contributed by atoms with van der Waals surface area (Å²) in [7, 11) is 4.68. The van der Waals surface area contributed by atoms with Crippen LogP contribution in [0.1, 0.15) is 45.1 Å². The Hall–Kier alpha value is -2.94. The third-order valence-electron chi connectivity index (χ3n) is 5.41. The summed E-state index contributed by atoms with van der Waals surface area (Å²) in [6.07, 6.45) is 1.19. The van der Waals surface area contributed by atoms with Crippen molar-refractivity contribution in [2.45, 2.75) is 39.5 Å². The first kappa shape index (κ1) is 19.8. The molecule has 1 heterocycles. The molecule has 0 saturated heterocycles. The van der Waals surface area contributed by atoms with Crippen molar-refractivity contribution in [1.29, 1.82) is 5.26 Å². The number of hydrogen-bond donors (Lipinski definition) is 1. The van der Waals surface area contributed by atoms with Gasteiger partial charge in [0.15, 0.2) is 17.3 Å². The second-order valence-corrected chi connectivity index (χ2v) is 7.99. The molecule has 0 radical (unpaired) electrons. The van der Waals surface area contributed by atoms with E-state index in [0.29, 0.717) is 34.8 Å². The number of nitriles is 1. The van der Waals surface area contributed by atoms with Crippen LogP contribution in [0.15, 0.2) is 34.7 Å². The average Bonchev–Trinajstić information content (AvgIpc) is 2.64. The molecule has 0 unspecified atom stereocenters. The van der Waals surface area contributed by atoms with Crippen molar-refractivity contribution < 1.29 is 19.0 Å². The predicted octanol–water partition coefficient (Wildman–Crippen LogP) is 3.84. The number of ketones is 1. The number of hydrogen-bond acceptors (Lipinski definition) is 6. The summed E-state index contributed by atoms with van der Waals surface area (Å²) in [4.78, 5) is 13.1. The number of nitrogens with one attached hydrogen (secondary N) is 1. The highest BCUT2D eigenvalue weighted by molar-refractivity contribution is 6.00. The zero-order valence-corrected chi connectivity index (χ0v) is 17.2. The van der Waals surface area contributed by atoms with Crippen LogP contribution in [0.5, 0.6) is 17.2 Å². The van der Waals surface area contributed by atoms with E-state index in [9.17, 15) is 10.1 Å². The van der Waals surface area contributed by atoms with E-state index in [1.165, 1.54) is 0 Å². The van der Waals surface area contributed by atoms with Crippen molar-refractivity contribution in [3.63, 3.8) is 0 Å². The molecule has 1 aromatic rings. The molecule has 28 heavy (non-hydrogen) atoms. The third-order valence-corrected chi connectivity index (χ3v) is 5.41. The van der Waals surface area contributed by atoms with Crippen LogP contribution < -0.4 is 19.5 Å². The molecule has 1 atom stereocenters. The van der Waals surface area contributed by atoms with Gasteiger partial charge in [0.05, 0.1) is 38.9 Å². The SMILES string of the molecule is COc1cc(OC)c([C@H]2C(C#N)=C(C)NC3=C2C(=O)CC(C)(C)C3)cc1OC. The van der Waals surface area contributed by atoms with E-state index in [-0.39, 0.29) is 11.2 Å². The highest BCUT2D eigenvalue weighted by Crippen LogP contribution is 2.49. The van der Waals surface area contributed by atoms with Gasteiger partial charge in [0.1, 0.15) is 5.75 Å². The summed E-state index contributed by atoms with van der Waals surface area (Å²) >= 11 is 0. The van der Waals surface area contributed by atoms with Gasteiger partial charge in [-0.05, 0) is 24.8 Å². The predicted molar refractivity (Wildman–Crippen MR) is 105 cm³/mol. The highest BCUT2D eigenvalue weighted by atomic mass is 16.5. The fourth-order valence-electron chi connectivity index (χ4n) is 4.17. The standard InChI is InChI=1S/C22H26N2O4/c1-12-14(11-23)20(21-15(24-12)9-22(2,3)10-16(21)25)13-7-18(27-5)19(28-6)8-17(13)26-4/h7-8,20,24H,9-10H2,1-6H3/t20-/m0/s1. The minimum absolute atomic E-state index is 0.0563. The normalized spacial score (nSPS) is 20.9. The lowest BCUT2D eigenvalue weighted by molar-refractivity contribution is -0.118. The van der Waals surface area contributed by atoms with Gasteiger partial charge in [0, 0.05) is 35.0 Å². The van der Waals surface area contributed by atoms with Gasteiger partial charge in [-0.15, -0.1) is 0 Å². The molecule has 2 aliphatic rings. The van der Waals surface area contributed by atoms with Crippen LogP contribution in [0.4, 0.5) is 0 Å². The Morgan fingerprint density at radius 1 is 1.07 bits per heavy atom. The van der Waals surface area contributed by atoms with E-state index in [1.54, 1.807) is 33.5 Å². The molecular weight excluding hydrogens is 356 g/mol. The van der Waals surface area contributed by atoms with E-state index < -0.39 is 5.92 Å². The second kappa shape index (κ2) is 7.23. The van der Waals surface area contributed by atoms with Gasteiger partial charge in [-0.25, -0.2) is 0 Å². The number of rotatable bonds is 4. The Labute approximate surface area is 165 Å². The zero-order chi connectivity index (χ0) is 20.6. The van der Waals surface area contributed by atoms with Crippen LogP contribution >= 0.6 is 0 Å². The van der Waals surface area contributed by atoms with E-state index in [0.717, 1.165) is 23.4 Å². The largest absolute Gasteiger partial charge is 0.496 e. The lowest BCUT2D eigenvalue weighted by Crippen LogP contribution is -2.37. The molecule has 6 heteroatoms. The monoisotopic (exact) mass is 382 g/mol. The van der Waals surface area contributed by atoms with Gasteiger partial charge in [0.2, 0.25) is 0 Å². The maximum absolute atomic E-state index is 13.1. The van der Waals surface area contributed by atoms with E-state index in [4.69, 9.17) is 14.2 Å². The van der Waals surface area contributed by atoms with Gasteiger partial charge in [-0.2, -0.15) is 5.26 Å². The van der Waals surface area contributed by atoms with Gasteiger partial charge < -0.3 is 19.5 Å². The van der Waals surface area contributed by atoms with E-state index >= 15 is 0 Å². The van der Waals surface area contributed by atoms with Gasteiger partial charge in [-0.1, -0.05) is 13.8 Å². The number of allylic oxidation sites excluding steroid dienone is 4. The molecule has 1 aliphatic carbocycles. The Bertz CT molecular complexity index is 935. The first-order chi connectivity index (χ1) is 13.3. The smallest absolute Gasteiger partial charge is 0.164 e. The van der Waals surface area contributed by atoms with Crippen molar-refractivity contribution in [3.8, 4) is 23.3 Å². The molecule has 0 saturated carbocycles. The first-order valence-electron chi connectivity index (χ1n) is 9.20. The Morgan fingerprint density at radius 3 is 2.25 bits per heavy atom. The quantitative estimate of drug-likeness (QED) is 0.852. The van der Waals surface area contributed by atoms with Gasteiger partial charge >= 0.3 is 0 Å². The van der Waals surface area contributed by atoms with Crippen LogP contribution in [-0.4, -0.2) is 27.1 Å². The molecule has 0 aromatic heterocycles. The van der Waals surface area contributed by atoms with Crippen molar-refractivity contribution in [1.82, 2.24) is 5.32 Å². The molecule has 0 bridgehead atoms. The summed E-state index contributed by atoms with van der Waals surface area (Å²) in [6.45, 7) is 6.04. The molecule has 1 aliphatic heterocycles. The molecular formula is C22H26N2O4. The van der Waals surface area contributed by atoms with E-state index in [2.05, 4.69) is 25.2 Å². The maximum Gasteiger partial charge on any atom is 0.164 e.